The number of carboxylic acids is 1. The van der Waals surface area contributed by atoms with E-state index in [9.17, 15) is 9.59 Å². The van der Waals surface area contributed by atoms with Crippen molar-refractivity contribution in [1.82, 2.24) is 9.88 Å². The van der Waals surface area contributed by atoms with Gasteiger partial charge in [-0.1, -0.05) is 12.8 Å². The summed E-state index contributed by atoms with van der Waals surface area (Å²) in [6.07, 6.45) is 5.77. The summed E-state index contributed by atoms with van der Waals surface area (Å²) < 4.78 is 0. The zero-order chi connectivity index (χ0) is 15.0. The number of likely N-dealkylation sites (tertiary alicyclic amines) is 1. The number of carbonyl (C=O) groups is 2. The molecule has 2 amide bonds. The fraction of sp³-hybridized carbons (Fsp3) is 0.600. The third-order valence-electron chi connectivity index (χ3n) is 4.68. The molecule has 0 radical (unpaired) electrons. The van der Waals surface area contributed by atoms with Crippen LogP contribution >= 0.6 is 0 Å². The van der Waals surface area contributed by atoms with E-state index in [1.54, 1.807) is 13.0 Å². The first-order valence-corrected chi connectivity index (χ1v) is 7.57. The molecule has 1 saturated carbocycles. The summed E-state index contributed by atoms with van der Waals surface area (Å²) in [6, 6.07) is 1.81. The van der Waals surface area contributed by atoms with Gasteiger partial charge in [-0.3, -0.25) is 0 Å². The number of urea groups is 1. The summed E-state index contributed by atoms with van der Waals surface area (Å²) in [5, 5.41) is 11.9. The molecule has 6 nitrogen and oxygen atoms in total. The summed E-state index contributed by atoms with van der Waals surface area (Å²) in [6.45, 7) is 2.54. The van der Waals surface area contributed by atoms with Crippen LogP contribution in [0.15, 0.2) is 6.07 Å². The average molecular weight is 291 g/mol. The van der Waals surface area contributed by atoms with E-state index in [0.717, 1.165) is 25.1 Å². The number of aromatic nitrogens is 1. The Morgan fingerprint density at radius 1 is 1.33 bits per heavy atom. The number of anilines is 1. The van der Waals surface area contributed by atoms with Crippen molar-refractivity contribution in [2.45, 2.75) is 45.1 Å². The minimum absolute atomic E-state index is 0.0419. The van der Waals surface area contributed by atoms with Gasteiger partial charge in [0.2, 0.25) is 0 Å². The van der Waals surface area contributed by atoms with Crippen molar-refractivity contribution in [3.63, 3.8) is 0 Å². The van der Waals surface area contributed by atoms with Crippen LogP contribution < -0.4 is 5.32 Å². The number of carboxylic acid groups (broad SMARTS) is 1. The summed E-state index contributed by atoms with van der Waals surface area (Å²) in [5.74, 6) is -0.438. The van der Waals surface area contributed by atoms with Crippen molar-refractivity contribution in [3.8, 4) is 0 Å². The maximum atomic E-state index is 12.5. The van der Waals surface area contributed by atoms with Crippen LogP contribution in [0.25, 0.3) is 0 Å². The number of hydrogen-bond acceptors (Lipinski definition) is 2. The minimum atomic E-state index is -1.06. The van der Waals surface area contributed by atoms with Gasteiger partial charge in [-0.2, -0.15) is 0 Å². The molecule has 6 heteroatoms. The Bertz CT molecular complexity index is 567. The van der Waals surface area contributed by atoms with Crippen LogP contribution in [0.5, 0.6) is 0 Å². The predicted molar refractivity (Wildman–Crippen MR) is 78.6 cm³/mol. The van der Waals surface area contributed by atoms with Crippen molar-refractivity contribution in [2.24, 2.45) is 5.92 Å². The lowest BCUT2D eigenvalue weighted by atomic mass is 9.85. The molecular weight excluding hydrogens is 270 g/mol. The third kappa shape index (κ3) is 2.62. The normalized spacial score (nSPS) is 24.7. The van der Waals surface area contributed by atoms with Crippen molar-refractivity contribution >= 4 is 17.7 Å². The summed E-state index contributed by atoms with van der Waals surface area (Å²) in [5.41, 5.74) is 1.11. The van der Waals surface area contributed by atoms with Gasteiger partial charge >= 0.3 is 12.0 Å². The second kappa shape index (κ2) is 5.42. The monoisotopic (exact) mass is 291 g/mol. The van der Waals surface area contributed by atoms with Gasteiger partial charge in [-0.15, -0.1) is 0 Å². The van der Waals surface area contributed by atoms with Gasteiger partial charge in [-0.05, 0) is 38.2 Å². The number of aromatic amines is 1. The highest BCUT2D eigenvalue weighted by Gasteiger charge is 2.38. The van der Waals surface area contributed by atoms with Crippen LogP contribution in [-0.2, 0) is 0 Å². The first kappa shape index (κ1) is 14.0. The molecule has 21 heavy (non-hydrogen) atoms. The molecule has 2 atom stereocenters. The van der Waals surface area contributed by atoms with Crippen molar-refractivity contribution in [2.75, 3.05) is 11.9 Å². The summed E-state index contributed by atoms with van der Waals surface area (Å²) in [7, 11) is 0. The number of rotatable bonds is 2. The predicted octanol–water partition coefficient (Wildman–Crippen LogP) is 2.82. The number of amides is 2. The summed E-state index contributed by atoms with van der Waals surface area (Å²) in [4.78, 5) is 28.3. The molecular formula is C15H21N3O3. The maximum Gasteiger partial charge on any atom is 0.354 e. The van der Waals surface area contributed by atoms with Crippen LogP contribution in [0.3, 0.4) is 0 Å². The first-order valence-electron chi connectivity index (χ1n) is 7.57. The second-order valence-corrected chi connectivity index (χ2v) is 6.07. The Kier molecular flexibility index (Phi) is 3.61. The van der Waals surface area contributed by atoms with Crippen molar-refractivity contribution < 1.29 is 14.7 Å². The molecule has 1 aromatic heterocycles. The van der Waals surface area contributed by atoms with Crippen LogP contribution in [-0.4, -0.2) is 39.6 Å². The van der Waals surface area contributed by atoms with Gasteiger partial charge in [0.05, 0.1) is 5.69 Å². The number of nitrogens with zero attached hydrogens (tertiary/aromatic N) is 1. The smallest absolute Gasteiger partial charge is 0.354 e. The Hall–Kier alpha value is -1.98. The van der Waals surface area contributed by atoms with E-state index in [0.29, 0.717) is 17.6 Å². The molecule has 1 aliphatic carbocycles. The van der Waals surface area contributed by atoms with Crippen LogP contribution in [0.1, 0.15) is 48.3 Å². The van der Waals surface area contributed by atoms with E-state index in [1.165, 1.54) is 19.3 Å². The van der Waals surface area contributed by atoms with Crippen LogP contribution in [0.4, 0.5) is 10.5 Å². The van der Waals surface area contributed by atoms with E-state index >= 15 is 0 Å². The second-order valence-electron chi connectivity index (χ2n) is 6.07. The molecule has 3 rings (SSSR count). The number of hydrogen-bond donors (Lipinski definition) is 3. The van der Waals surface area contributed by atoms with E-state index in [-0.39, 0.29) is 11.7 Å². The van der Waals surface area contributed by atoms with E-state index in [2.05, 4.69) is 10.3 Å². The van der Waals surface area contributed by atoms with Crippen LogP contribution in [0.2, 0.25) is 0 Å². The Labute approximate surface area is 123 Å². The van der Waals surface area contributed by atoms with Crippen LogP contribution in [0, 0.1) is 12.8 Å². The van der Waals surface area contributed by atoms with E-state index in [1.807, 2.05) is 4.90 Å². The molecule has 1 aromatic rings. The lowest BCUT2D eigenvalue weighted by Gasteiger charge is -2.31. The highest BCUT2D eigenvalue weighted by atomic mass is 16.4. The fourth-order valence-electron chi connectivity index (χ4n) is 3.70. The molecule has 3 N–H and O–H groups in total. The Balaban J connectivity index is 1.73. The largest absolute Gasteiger partial charge is 0.477 e. The quantitative estimate of drug-likeness (QED) is 0.783. The minimum Gasteiger partial charge on any atom is -0.477 e. The Morgan fingerprint density at radius 2 is 2.10 bits per heavy atom. The molecule has 2 aliphatic rings. The highest BCUT2D eigenvalue weighted by molar-refractivity contribution is 5.99. The maximum absolute atomic E-state index is 12.5. The topological polar surface area (TPSA) is 85.4 Å². The molecule has 1 saturated heterocycles. The molecule has 0 bridgehead atoms. The lowest BCUT2D eigenvalue weighted by Crippen LogP contribution is -2.41. The molecule has 0 spiro atoms. The van der Waals surface area contributed by atoms with E-state index in [4.69, 9.17) is 5.11 Å². The Morgan fingerprint density at radius 3 is 2.86 bits per heavy atom. The average Bonchev–Trinajstić information content (AvgIpc) is 3.02. The molecule has 114 valence electrons. The fourth-order valence-corrected chi connectivity index (χ4v) is 3.70. The van der Waals surface area contributed by atoms with Gasteiger partial charge in [0.25, 0.3) is 0 Å². The lowest BCUT2D eigenvalue weighted by molar-refractivity contribution is 0.0692. The number of carbonyl (C=O) groups excluding carboxylic acids is 1. The van der Waals surface area contributed by atoms with Gasteiger partial charge < -0.3 is 20.3 Å². The molecule has 2 heterocycles. The number of aryl methyl sites for hydroxylation is 1. The van der Waals surface area contributed by atoms with E-state index < -0.39 is 5.97 Å². The standard InChI is InChI=1S/C15H21N3O3/c1-9-8-11(13(16-9)14(19)20)17-15(21)18-7-6-10-4-2-3-5-12(10)18/h8,10,12,16H,2-7H2,1H3,(H,17,21)(H,19,20). The molecule has 2 unspecified atom stereocenters. The van der Waals surface area contributed by atoms with Gasteiger partial charge in [-0.25, -0.2) is 9.59 Å². The SMILES string of the molecule is Cc1cc(NC(=O)N2CCC3CCCCC32)c(C(=O)O)[nH]1. The third-order valence-corrected chi connectivity index (χ3v) is 4.68. The van der Waals surface area contributed by atoms with Gasteiger partial charge in [0.1, 0.15) is 5.69 Å². The summed E-state index contributed by atoms with van der Waals surface area (Å²) >= 11 is 0. The number of fused-ring (bicyclic) bond motifs is 1. The number of H-pyrrole nitrogens is 1. The highest BCUT2D eigenvalue weighted by Crippen LogP contribution is 2.36. The zero-order valence-corrected chi connectivity index (χ0v) is 12.2. The number of nitrogens with one attached hydrogen (secondary N) is 2. The van der Waals surface area contributed by atoms with Gasteiger partial charge in [0.15, 0.2) is 0 Å². The van der Waals surface area contributed by atoms with Gasteiger partial charge in [0, 0.05) is 18.3 Å². The molecule has 2 fully saturated rings. The zero-order valence-electron chi connectivity index (χ0n) is 12.2. The molecule has 0 aromatic carbocycles. The molecule has 1 aliphatic heterocycles. The first-order chi connectivity index (χ1) is 10.1. The van der Waals surface area contributed by atoms with Crippen molar-refractivity contribution in [3.05, 3.63) is 17.5 Å². The number of aromatic carboxylic acids is 1. The van der Waals surface area contributed by atoms with Crippen molar-refractivity contribution in [1.29, 1.82) is 0 Å².